The Morgan fingerprint density at radius 2 is 2.10 bits per heavy atom. The van der Waals surface area contributed by atoms with Gasteiger partial charge in [-0.15, -0.1) is 0 Å². The van der Waals surface area contributed by atoms with Crippen molar-refractivity contribution >= 4 is 34.9 Å². The molecule has 0 bridgehead atoms. The Kier molecular flexibility index (Phi) is 6.10. The number of hydrogen-bond acceptors (Lipinski definition) is 3. The van der Waals surface area contributed by atoms with Crippen LogP contribution in [0.2, 0.25) is 10.0 Å². The standard InChI is InChI=1S/C13H17Cl2N3O2/c1-8(5-12(16)17-20)18(2)13(19)7-9-3-4-10(14)11(15)6-9/h3-4,6,8,20H,5,7H2,1-2H3,(H2,16,17). The molecule has 1 amide bonds. The van der Waals surface area contributed by atoms with Crippen LogP contribution in [0, 0.1) is 0 Å². The van der Waals surface area contributed by atoms with Crippen molar-refractivity contribution in [2.24, 2.45) is 10.9 Å². The molecular formula is C13H17Cl2N3O2. The maximum atomic E-state index is 12.1. The lowest BCUT2D eigenvalue weighted by Gasteiger charge is -2.24. The molecule has 0 aliphatic rings. The molecule has 0 heterocycles. The van der Waals surface area contributed by atoms with Crippen molar-refractivity contribution in [2.75, 3.05) is 7.05 Å². The fourth-order valence-electron chi connectivity index (χ4n) is 1.68. The lowest BCUT2D eigenvalue weighted by Crippen LogP contribution is -2.38. The van der Waals surface area contributed by atoms with Gasteiger partial charge in [0.2, 0.25) is 5.91 Å². The molecule has 1 rings (SSSR count). The monoisotopic (exact) mass is 317 g/mol. The average molecular weight is 318 g/mol. The van der Waals surface area contributed by atoms with E-state index in [0.717, 1.165) is 5.56 Å². The summed E-state index contributed by atoms with van der Waals surface area (Å²) in [4.78, 5) is 13.7. The molecule has 5 nitrogen and oxygen atoms in total. The summed E-state index contributed by atoms with van der Waals surface area (Å²) in [5.74, 6) is 0.00770. The molecule has 0 radical (unpaired) electrons. The van der Waals surface area contributed by atoms with E-state index in [1.807, 2.05) is 6.92 Å². The van der Waals surface area contributed by atoms with E-state index in [4.69, 9.17) is 34.1 Å². The van der Waals surface area contributed by atoms with Crippen molar-refractivity contribution in [3.63, 3.8) is 0 Å². The number of carbonyl (C=O) groups excluding carboxylic acids is 1. The van der Waals surface area contributed by atoms with E-state index in [-0.39, 0.29) is 24.2 Å². The first kappa shape index (κ1) is 16.6. The highest BCUT2D eigenvalue weighted by molar-refractivity contribution is 6.42. The Morgan fingerprint density at radius 1 is 1.45 bits per heavy atom. The normalized spacial score (nSPS) is 13.1. The van der Waals surface area contributed by atoms with Gasteiger partial charge in [-0.1, -0.05) is 34.4 Å². The molecule has 0 saturated heterocycles. The molecule has 0 aliphatic heterocycles. The van der Waals surface area contributed by atoms with Gasteiger partial charge in [0.05, 0.1) is 16.5 Å². The summed E-state index contributed by atoms with van der Waals surface area (Å²) >= 11 is 11.7. The minimum atomic E-state index is -0.166. The van der Waals surface area contributed by atoms with Gasteiger partial charge >= 0.3 is 0 Å². The quantitative estimate of drug-likeness (QED) is 0.379. The van der Waals surface area contributed by atoms with Crippen molar-refractivity contribution in [3.05, 3.63) is 33.8 Å². The van der Waals surface area contributed by atoms with Crippen LogP contribution in [-0.2, 0) is 11.2 Å². The number of oxime groups is 1. The third kappa shape index (κ3) is 4.58. The van der Waals surface area contributed by atoms with Crippen LogP contribution in [0.4, 0.5) is 0 Å². The van der Waals surface area contributed by atoms with Gasteiger partial charge < -0.3 is 15.8 Å². The number of amidine groups is 1. The zero-order valence-electron chi connectivity index (χ0n) is 11.3. The van der Waals surface area contributed by atoms with E-state index in [2.05, 4.69) is 5.16 Å². The second-order valence-electron chi connectivity index (χ2n) is 4.57. The second-order valence-corrected chi connectivity index (χ2v) is 5.39. The summed E-state index contributed by atoms with van der Waals surface area (Å²) in [6.45, 7) is 1.82. The van der Waals surface area contributed by atoms with Gasteiger partial charge in [-0.05, 0) is 24.6 Å². The minimum absolute atomic E-state index is 0.0818. The fraction of sp³-hybridized carbons (Fsp3) is 0.385. The minimum Gasteiger partial charge on any atom is -0.409 e. The van der Waals surface area contributed by atoms with Gasteiger partial charge in [0.25, 0.3) is 0 Å². The summed E-state index contributed by atoms with van der Waals surface area (Å²) in [5, 5.41) is 12.3. The van der Waals surface area contributed by atoms with Crippen LogP contribution in [0.15, 0.2) is 23.4 Å². The van der Waals surface area contributed by atoms with Gasteiger partial charge in [-0.3, -0.25) is 4.79 Å². The van der Waals surface area contributed by atoms with Gasteiger partial charge in [-0.2, -0.15) is 0 Å². The molecule has 1 unspecified atom stereocenters. The highest BCUT2D eigenvalue weighted by Crippen LogP contribution is 2.23. The first-order chi connectivity index (χ1) is 9.35. The summed E-state index contributed by atoms with van der Waals surface area (Å²) in [6, 6.07) is 4.92. The molecule has 1 aromatic carbocycles. The Hall–Kier alpha value is -1.46. The molecule has 0 spiro atoms. The first-order valence-corrected chi connectivity index (χ1v) is 6.76. The largest absolute Gasteiger partial charge is 0.409 e. The number of carbonyl (C=O) groups is 1. The zero-order valence-corrected chi connectivity index (χ0v) is 12.8. The number of rotatable bonds is 5. The topological polar surface area (TPSA) is 78.9 Å². The van der Waals surface area contributed by atoms with Gasteiger partial charge in [0.1, 0.15) is 5.84 Å². The molecule has 3 N–H and O–H groups in total. The SMILES string of the molecule is CC(CC(N)=NO)N(C)C(=O)Cc1ccc(Cl)c(Cl)c1. The smallest absolute Gasteiger partial charge is 0.226 e. The maximum absolute atomic E-state index is 12.1. The molecule has 0 aliphatic carbocycles. The summed E-state index contributed by atoms with van der Waals surface area (Å²) in [6.07, 6.45) is 0.522. The lowest BCUT2D eigenvalue weighted by molar-refractivity contribution is -0.130. The van der Waals surface area contributed by atoms with Crippen molar-refractivity contribution < 1.29 is 10.0 Å². The summed E-state index contributed by atoms with van der Waals surface area (Å²) in [7, 11) is 1.68. The Labute approximate surface area is 127 Å². The third-order valence-electron chi connectivity index (χ3n) is 3.03. The van der Waals surface area contributed by atoms with Gasteiger partial charge in [0, 0.05) is 19.5 Å². The lowest BCUT2D eigenvalue weighted by atomic mass is 10.1. The predicted molar refractivity (Wildman–Crippen MR) is 80.4 cm³/mol. The van der Waals surface area contributed by atoms with Crippen molar-refractivity contribution in [1.82, 2.24) is 4.90 Å². The van der Waals surface area contributed by atoms with E-state index >= 15 is 0 Å². The number of nitrogens with zero attached hydrogens (tertiary/aromatic N) is 2. The van der Waals surface area contributed by atoms with Crippen molar-refractivity contribution in [3.8, 4) is 0 Å². The first-order valence-electron chi connectivity index (χ1n) is 6.01. The Morgan fingerprint density at radius 3 is 2.65 bits per heavy atom. The molecule has 7 heteroatoms. The third-order valence-corrected chi connectivity index (χ3v) is 3.77. The van der Waals surface area contributed by atoms with Crippen LogP contribution in [0.1, 0.15) is 18.9 Å². The van der Waals surface area contributed by atoms with Gasteiger partial charge in [0.15, 0.2) is 0 Å². The highest BCUT2D eigenvalue weighted by atomic mass is 35.5. The molecule has 0 fully saturated rings. The second kappa shape index (κ2) is 7.36. The number of benzene rings is 1. The average Bonchev–Trinajstić information content (AvgIpc) is 2.41. The van der Waals surface area contributed by atoms with E-state index in [1.54, 1.807) is 30.1 Å². The molecule has 1 aromatic rings. The predicted octanol–water partition coefficient (Wildman–Crippen LogP) is 2.52. The summed E-state index contributed by atoms with van der Waals surface area (Å²) < 4.78 is 0. The van der Waals surface area contributed by atoms with E-state index < -0.39 is 0 Å². The number of hydrogen-bond donors (Lipinski definition) is 2. The van der Waals surface area contributed by atoms with E-state index in [1.165, 1.54) is 0 Å². The number of halogens is 2. The molecule has 110 valence electrons. The van der Waals surface area contributed by atoms with E-state index in [9.17, 15) is 4.79 Å². The van der Waals surface area contributed by atoms with Crippen LogP contribution in [0.25, 0.3) is 0 Å². The molecule has 0 aromatic heterocycles. The fourth-order valence-corrected chi connectivity index (χ4v) is 2.00. The van der Waals surface area contributed by atoms with Crippen LogP contribution in [0.3, 0.4) is 0 Å². The van der Waals surface area contributed by atoms with Crippen molar-refractivity contribution in [1.29, 1.82) is 0 Å². The molecule has 1 atom stereocenters. The summed E-state index contributed by atoms with van der Waals surface area (Å²) in [5.41, 5.74) is 6.22. The number of likely N-dealkylation sites (N-methyl/N-ethyl adjacent to an activating group) is 1. The maximum Gasteiger partial charge on any atom is 0.226 e. The highest BCUT2D eigenvalue weighted by Gasteiger charge is 2.17. The Bertz CT molecular complexity index is 520. The van der Waals surface area contributed by atoms with Gasteiger partial charge in [-0.25, -0.2) is 0 Å². The Balaban J connectivity index is 2.67. The molecule has 0 saturated carbocycles. The van der Waals surface area contributed by atoms with E-state index in [0.29, 0.717) is 16.5 Å². The van der Waals surface area contributed by atoms with Crippen LogP contribution in [0.5, 0.6) is 0 Å². The molecular weight excluding hydrogens is 301 g/mol. The number of nitrogens with two attached hydrogens (primary N) is 1. The molecule has 20 heavy (non-hydrogen) atoms. The van der Waals surface area contributed by atoms with Crippen LogP contribution < -0.4 is 5.73 Å². The van der Waals surface area contributed by atoms with Crippen molar-refractivity contribution in [2.45, 2.75) is 25.8 Å². The number of amides is 1. The van der Waals surface area contributed by atoms with Crippen LogP contribution >= 0.6 is 23.2 Å². The zero-order chi connectivity index (χ0) is 15.3. The van der Waals surface area contributed by atoms with Crippen LogP contribution in [-0.4, -0.2) is 34.9 Å².